The minimum absolute atomic E-state index is 0.0838. The molecule has 0 unspecified atom stereocenters. The first-order valence-electron chi connectivity index (χ1n) is 10.6. The first kappa shape index (κ1) is 23.4. The molecule has 0 saturated carbocycles. The smallest absolute Gasteiger partial charge is 0.332 e. The lowest BCUT2D eigenvalue weighted by molar-refractivity contribution is -0.143. The van der Waals surface area contributed by atoms with Gasteiger partial charge in [0.25, 0.3) is 11.5 Å². The van der Waals surface area contributed by atoms with E-state index in [1.54, 1.807) is 11.5 Å². The maximum absolute atomic E-state index is 12.9. The highest BCUT2D eigenvalue weighted by molar-refractivity contribution is 7.16. The summed E-state index contributed by atoms with van der Waals surface area (Å²) in [5, 5.41) is 0. The molecule has 11 nitrogen and oxygen atoms in total. The van der Waals surface area contributed by atoms with Crippen LogP contribution in [0.5, 0.6) is 0 Å². The van der Waals surface area contributed by atoms with Gasteiger partial charge in [0.15, 0.2) is 16.0 Å². The average Bonchev–Trinajstić information content (AvgIpc) is 3.33. The first-order valence-corrected chi connectivity index (χ1v) is 11.4. The quantitative estimate of drug-likeness (QED) is 0.386. The molecule has 0 fully saturated rings. The zero-order valence-corrected chi connectivity index (χ0v) is 20.3. The Morgan fingerprint density at radius 1 is 1.12 bits per heavy atom. The molecule has 12 heteroatoms. The van der Waals surface area contributed by atoms with Crippen molar-refractivity contribution in [1.29, 1.82) is 0 Å². The second kappa shape index (κ2) is 8.86. The minimum Gasteiger partial charge on any atom is -0.465 e. The maximum Gasteiger partial charge on any atom is 0.332 e. The van der Waals surface area contributed by atoms with Gasteiger partial charge in [0.2, 0.25) is 0 Å². The Bertz CT molecular complexity index is 1650. The molecule has 4 aromatic rings. The van der Waals surface area contributed by atoms with Crippen molar-refractivity contribution in [1.82, 2.24) is 23.3 Å². The van der Waals surface area contributed by atoms with Crippen LogP contribution in [0.1, 0.15) is 18.1 Å². The Kier molecular flexibility index (Phi) is 6.09. The maximum atomic E-state index is 12.9. The van der Waals surface area contributed by atoms with Crippen LogP contribution in [0, 0.1) is 13.8 Å². The van der Waals surface area contributed by atoms with Crippen molar-refractivity contribution in [3.63, 3.8) is 0 Å². The normalized spacial score (nSPS) is 12.1. The highest BCUT2D eigenvalue weighted by Crippen LogP contribution is 2.23. The largest absolute Gasteiger partial charge is 0.465 e. The van der Waals surface area contributed by atoms with Gasteiger partial charge in [-0.15, -0.1) is 0 Å². The summed E-state index contributed by atoms with van der Waals surface area (Å²) in [6.45, 7) is 5.56. The molecule has 0 bridgehead atoms. The van der Waals surface area contributed by atoms with Crippen LogP contribution in [0.15, 0.2) is 33.0 Å². The van der Waals surface area contributed by atoms with E-state index < -0.39 is 23.1 Å². The molecule has 4 rings (SSSR count). The molecule has 3 heterocycles. The lowest BCUT2D eigenvalue weighted by Gasteiger charge is -2.07. The number of imidazole rings is 1. The number of hydrogen-bond acceptors (Lipinski definition) is 7. The molecule has 0 atom stereocenters. The fourth-order valence-electron chi connectivity index (χ4n) is 3.89. The molecule has 1 amide bonds. The monoisotopic (exact) mass is 484 g/mol. The van der Waals surface area contributed by atoms with E-state index in [1.807, 2.05) is 26.0 Å². The number of aromatic nitrogens is 5. The molecule has 3 aromatic heterocycles. The number of esters is 1. The fourth-order valence-corrected chi connectivity index (χ4v) is 4.99. The van der Waals surface area contributed by atoms with Crippen LogP contribution in [-0.4, -0.2) is 41.7 Å². The van der Waals surface area contributed by atoms with Crippen LogP contribution in [0.25, 0.3) is 21.4 Å². The van der Waals surface area contributed by atoms with Gasteiger partial charge < -0.3 is 13.9 Å². The summed E-state index contributed by atoms with van der Waals surface area (Å²) < 4.78 is 11.3. The lowest BCUT2D eigenvalue weighted by atomic mass is 10.1. The second-order valence-electron chi connectivity index (χ2n) is 7.96. The Balaban J connectivity index is 1.81. The number of carbonyl (C=O) groups excluding carboxylic acids is 2. The average molecular weight is 485 g/mol. The van der Waals surface area contributed by atoms with Crippen molar-refractivity contribution in [2.24, 2.45) is 19.1 Å². The highest BCUT2D eigenvalue weighted by Gasteiger charge is 2.17. The van der Waals surface area contributed by atoms with E-state index >= 15 is 0 Å². The summed E-state index contributed by atoms with van der Waals surface area (Å²) in [5.41, 5.74) is 2.09. The van der Waals surface area contributed by atoms with Gasteiger partial charge in [-0.2, -0.15) is 4.99 Å². The summed E-state index contributed by atoms with van der Waals surface area (Å²) in [6, 6.07) is 3.96. The number of amides is 1. The fraction of sp³-hybridized carbons (Fsp3) is 0.364. The van der Waals surface area contributed by atoms with Crippen molar-refractivity contribution in [3.05, 3.63) is 55.2 Å². The Hall–Kier alpha value is -3.80. The predicted molar refractivity (Wildman–Crippen MR) is 127 cm³/mol. The van der Waals surface area contributed by atoms with Crippen molar-refractivity contribution >= 4 is 44.6 Å². The number of rotatable bonds is 5. The van der Waals surface area contributed by atoms with Gasteiger partial charge in [0, 0.05) is 14.1 Å². The molecule has 0 aliphatic rings. The van der Waals surface area contributed by atoms with Gasteiger partial charge in [-0.1, -0.05) is 17.4 Å². The number of nitrogens with zero attached hydrogens (tertiary/aromatic N) is 6. The molecular weight excluding hydrogens is 460 g/mol. The van der Waals surface area contributed by atoms with Gasteiger partial charge in [-0.25, -0.2) is 9.78 Å². The van der Waals surface area contributed by atoms with E-state index in [9.17, 15) is 19.2 Å². The lowest BCUT2D eigenvalue weighted by Crippen LogP contribution is -2.37. The van der Waals surface area contributed by atoms with Gasteiger partial charge in [0.1, 0.15) is 13.1 Å². The third-order valence-electron chi connectivity index (χ3n) is 5.45. The van der Waals surface area contributed by atoms with E-state index in [1.165, 1.54) is 40.9 Å². The molecule has 0 aliphatic carbocycles. The molecule has 178 valence electrons. The number of ether oxygens (including phenoxy) is 1. The third-order valence-corrected chi connectivity index (χ3v) is 6.68. The number of carbonyl (C=O) groups is 2. The van der Waals surface area contributed by atoms with Crippen LogP contribution in [0.3, 0.4) is 0 Å². The van der Waals surface area contributed by atoms with E-state index in [-0.39, 0.29) is 30.9 Å². The van der Waals surface area contributed by atoms with Gasteiger partial charge in [-0.3, -0.25) is 23.5 Å². The second-order valence-corrected chi connectivity index (χ2v) is 8.94. The topological polar surface area (TPSA) is 122 Å². The van der Waals surface area contributed by atoms with Crippen LogP contribution >= 0.6 is 11.3 Å². The van der Waals surface area contributed by atoms with Gasteiger partial charge >= 0.3 is 11.7 Å². The first-order chi connectivity index (χ1) is 16.1. The van der Waals surface area contributed by atoms with Crippen LogP contribution in [0.4, 0.5) is 0 Å². The number of aryl methyl sites for hydroxylation is 3. The SMILES string of the molecule is CCOC(=O)Cn1c(=NC(=O)Cn2cnc3c2c(=O)n(C)c(=O)n3C)sc2c(C)cc(C)cc21. The van der Waals surface area contributed by atoms with Crippen molar-refractivity contribution in [3.8, 4) is 0 Å². The number of thiazole rings is 1. The van der Waals surface area contributed by atoms with Crippen molar-refractivity contribution < 1.29 is 14.3 Å². The van der Waals surface area contributed by atoms with Crippen LogP contribution in [-0.2, 0) is 41.5 Å². The van der Waals surface area contributed by atoms with Crippen LogP contribution < -0.4 is 16.1 Å². The summed E-state index contributed by atoms with van der Waals surface area (Å²) >= 11 is 1.31. The summed E-state index contributed by atoms with van der Waals surface area (Å²) in [7, 11) is 2.88. The van der Waals surface area contributed by atoms with Gasteiger partial charge in [-0.05, 0) is 38.0 Å². The van der Waals surface area contributed by atoms with Gasteiger partial charge in [0.05, 0.1) is 23.2 Å². The number of hydrogen-bond donors (Lipinski definition) is 0. The zero-order chi connectivity index (χ0) is 24.7. The molecule has 0 spiro atoms. The molecule has 0 aliphatic heterocycles. The Morgan fingerprint density at radius 3 is 2.56 bits per heavy atom. The molecule has 1 aromatic carbocycles. The van der Waals surface area contributed by atoms with E-state index in [0.717, 1.165) is 25.9 Å². The van der Waals surface area contributed by atoms with Crippen molar-refractivity contribution in [2.75, 3.05) is 6.61 Å². The summed E-state index contributed by atoms with van der Waals surface area (Å²) in [4.78, 5) is 58.7. The standard InChI is InChI=1S/C22H24N6O5S/c1-6-33-16(30)10-28-14-8-12(2)7-13(3)18(14)34-21(28)24-15(29)9-27-11-23-19-17(27)20(31)26(5)22(32)25(19)4/h7-8,11H,6,9-10H2,1-5H3. The third kappa shape index (κ3) is 4.00. The highest BCUT2D eigenvalue weighted by atomic mass is 32.1. The summed E-state index contributed by atoms with van der Waals surface area (Å²) in [6.07, 6.45) is 1.34. The van der Waals surface area contributed by atoms with Crippen LogP contribution in [0.2, 0.25) is 0 Å². The Morgan fingerprint density at radius 2 is 1.85 bits per heavy atom. The number of fused-ring (bicyclic) bond motifs is 2. The molecule has 34 heavy (non-hydrogen) atoms. The zero-order valence-electron chi connectivity index (χ0n) is 19.5. The molecule has 0 saturated heterocycles. The number of benzene rings is 1. The van der Waals surface area contributed by atoms with E-state index in [0.29, 0.717) is 4.80 Å². The molecule has 0 N–H and O–H groups in total. The predicted octanol–water partition coefficient (Wildman–Crippen LogP) is 0.757. The molecule has 0 radical (unpaired) electrons. The Labute approximate surface area is 197 Å². The minimum atomic E-state index is -0.547. The van der Waals surface area contributed by atoms with E-state index in [2.05, 4.69) is 9.98 Å². The summed E-state index contributed by atoms with van der Waals surface area (Å²) in [5.74, 6) is -0.964. The molecular formula is C22H24N6O5S. The van der Waals surface area contributed by atoms with Crippen molar-refractivity contribution in [2.45, 2.75) is 33.9 Å². The van der Waals surface area contributed by atoms with E-state index in [4.69, 9.17) is 4.74 Å².